The van der Waals surface area contributed by atoms with Crippen LogP contribution in [0.5, 0.6) is 0 Å². The molecule has 0 aromatic carbocycles. The minimum absolute atomic E-state index is 0.207. The Balaban J connectivity index is 0.000000294. The third kappa shape index (κ3) is 19.5. The average Bonchev–Trinajstić information content (AvgIpc) is 4.04. The van der Waals surface area contributed by atoms with E-state index in [1.165, 1.54) is 9.80 Å². The molecule has 22 nitrogen and oxygen atoms in total. The molecule has 11 N–H and O–H groups in total. The fourth-order valence-electron chi connectivity index (χ4n) is 12.7. The summed E-state index contributed by atoms with van der Waals surface area (Å²) in [7, 11) is 0. The van der Waals surface area contributed by atoms with Crippen LogP contribution in [0.3, 0.4) is 0 Å². The van der Waals surface area contributed by atoms with Crippen molar-refractivity contribution < 1.29 is 57.7 Å². The molecule has 80 heavy (non-hydrogen) atoms. The SMILES string of the molecule is CC(C)(C)NC(=O)N[C@H]1CCCCCCCCCC[C@@H](C(=O)C(N)=O)NC(=O)[C@@H]2[C@H]3CC(C)(C)OC3CN2C1=O.CC(C)(C)NC(=O)N[C@H]1CCCCCCCCCC[C@@H](C(O)C(N)=O)NC(=O)[C@@H]2[C@H]3CC(C)(C)OC3CN2C1=O. The van der Waals surface area contributed by atoms with Crippen molar-refractivity contribution in [3.8, 4) is 0 Å². The number of urea groups is 2. The van der Waals surface area contributed by atoms with Gasteiger partial charge >= 0.3 is 12.1 Å². The number of nitrogens with one attached hydrogen (secondary N) is 6. The van der Waals surface area contributed by atoms with Crippen LogP contribution >= 0.6 is 0 Å². The first-order valence-electron chi connectivity index (χ1n) is 29.9. The van der Waals surface area contributed by atoms with Gasteiger partial charge in [0, 0.05) is 36.0 Å². The number of carbonyl (C=O) groups excluding carboxylic acids is 9. The van der Waals surface area contributed by atoms with E-state index in [0.717, 1.165) is 96.3 Å². The molecular formula is C58H100N10O12. The number of hydrogen-bond donors (Lipinski definition) is 9. The van der Waals surface area contributed by atoms with E-state index in [2.05, 4.69) is 31.9 Å². The highest BCUT2D eigenvalue weighted by atomic mass is 16.5. The monoisotopic (exact) mass is 1130 g/mol. The number of rotatable bonds is 6. The van der Waals surface area contributed by atoms with Gasteiger partial charge in [0.2, 0.25) is 35.3 Å². The lowest BCUT2D eigenvalue weighted by atomic mass is 9.89. The normalized spacial score (nSPS) is 30.9. The molecule has 6 aliphatic rings. The van der Waals surface area contributed by atoms with Gasteiger partial charge in [0.25, 0.3) is 5.91 Å². The molecule has 6 aliphatic heterocycles. The van der Waals surface area contributed by atoms with Crippen LogP contribution in [0.4, 0.5) is 9.59 Å². The lowest BCUT2D eigenvalue weighted by Crippen LogP contribution is -2.59. The maximum Gasteiger partial charge on any atom is 0.315 e. The molecule has 6 fully saturated rings. The summed E-state index contributed by atoms with van der Waals surface area (Å²) in [6.07, 6.45) is 15.5. The van der Waals surface area contributed by atoms with Gasteiger partial charge in [-0.25, -0.2) is 9.59 Å². The van der Waals surface area contributed by atoms with Crippen molar-refractivity contribution in [1.82, 2.24) is 41.7 Å². The molecule has 0 spiro atoms. The largest absolute Gasteiger partial charge is 0.381 e. The number of amides is 10. The van der Waals surface area contributed by atoms with E-state index in [9.17, 15) is 48.3 Å². The lowest BCUT2D eigenvalue weighted by Gasteiger charge is -2.33. The van der Waals surface area contributed by atoms with Gasteiger partial charge in [0.05, 0.1) is 35.5 Å². The number of ketones is 1. The molecule has 0 saturated carbocycles. The molecule has 10 amide bonds. The molecule has 3 unspecified atom stereocenters. The molecule has 6 rings (SSSR count). The minimum Gasteiger partial charge on any atom is -0.381 e. The summed E-state index contributed by atoms with van der Waals surface area (Å²) in [5, 5.41) is 27.6. The summed E-state index contributed by atoms with van der Waals surface area (Å²) in [5.74, 6) is -4.95. The van der Waals surface area contributed by atoms with Gasteiger partial charge in [-0.1, -0.05) is 103 Å². The van der Waals surface area contributed by atoms with Crippen molar-refractivity contribution in [2.24, 2.45) is 23.3 Å². The Hall–Kier alpha value is -5.09. The van der Waals surface area contributed by atoms with Crippen molar-refractivity contribution in [2.45, 2.75) is 287 Å². The molecule has 6 heterocycles. The van der Waals surface area contributed by atoms with Gasteiger partial charge in [-0.15, -0.1) is 0 Å². The topological polar surface area (TPSA) is 323 Å². The fraction of sp³-hybridized carbons (Fsp3) is 0.845. The summed E-state index contributed by atoms with van der Waals surface area (Å²) >= 11 is 0. The summed E-state index contributed by atoms with van der Waals surface area (Å²) in [6.45, 7) is 19.5. The van der Waals surface area contributed by atoms with Gasteiger partial charge in [-0.3, -0.25) is 33.6 Å². The van der Waals surface area contributed by atoms with E-state index in [1.807, 2.05) is 69.2 Å². The molecule has 0 aromatic heterocycles. The number of hydrogen-bond acceptors (Lipinski definition) is 12. The van der Waals surface area contributed by atoms with Crippen LogP contribution in [0, 0.1) is 11.8 Å². The third-order valence-electron chi connectivity index (χ3n) is 16.2. The second-order valence-electron chi connectivity index (χ2n) is 26.8. The molecule has 0 aromatic rings. The molecule has 454 valence electrons. The molecule has 6 saturated heterocycles. The number of carbonyl (C=O) groups is 9. The van der Waals surface area contributed by atoms with Crippen molar-refractivity contribution >= 4 is 53.3 Å². The van der Waals surface area contributed by atoms with Crippen LogP contribution in [-0.4, -0.2) is 158 Å². The van der Waals surface area contributed by atoms with Gasteiger partial charge in [0.15, 0.2) is 6.10 Å². The first-order chi connectivity index (χ1) is 37.4. The van der Waals surface area contributed by atoms with Crippen LogP contribution in [0.2, 0.25) is 0 Å². The first kappa shape index (κ1) is 65.7. The van der Waals surface area contributed by atoms with Crippen LogP contribution in [0.25, 0.3) is 0 Å². The minimum atomic E-state index is -1.53. The maximum atomic E-state index is 14.1. The highest BCUT2D eigenvalue weighted by Crippen LogP contribution is 2.45. The van der Waals surface area contributed by atoms with Crippen molar-refractivity contribution in [1.29, 1.82) is 0 Å². The number of aliphatic hydroxyl groups is 1. The summed E-state index contributed by atoms with van der Waals surface area (Å²) < 4.78 is 12.5. The number of fused-ring (bicyclic) bond motifs is 6. The van der Waals surface area contributed by atoms with E-state index in [4.69, 9.17) is 20.9 Å². The van der Waals surface area contributed by atoms with Gasteiger partial charge in [0.1, 0.15) is 24.2 Å². The molecule has 0 radical (unpaired) electrons. The fourth-order valence-corrected chi connectivity index (χ4v) is 12.7. The Morgan fingerprint density at radius 2 is 0.912 bits per heavy atom. The maximum absolute atomic E-state index is 14.1. The lowest BCUT2D eigenvalue weighted by molar-refractivity contribution is -0.143. The van der Waals surface area contributed by atoms with E-state index >= 15 is 0 Å². The second kappa shape index (κ2) is 28.7. The van der Waals surface area contributed by atoms with Crippen molar-refractivity contribution in [3.63, 3.8) is 0 Å². The highest BCUT2D eigenvalue weighted by molar-refractivity contribution is 6.37. The zero-order chi connectivity index (χ0) is 59.3. The summed E-state index contributed by atoms with van der Waals surface area (Å²) in [4.78, 5) is 121. The zero-order valence-corrected chi connectivity index (χ0v) is 49.8. The Morgan fingerprint density at radius 1 is 0.562 bits per heavy atom. The number of aliphatic hydroxyl groups excluding tert-OH is 1. The Morgan fingerprint density at radius 3 is 1.27 bits per heavy atom. The van der Waals surface area contributed by atoms with Gasteiger partial charge in [-0.2, -0.15) is 0 Å². The smallest absolute Gasteiger partial charge is 0.315 e. The van der Waals surface area contributed by atoms with E-state index in [-0.39, 0.29) is 48.9 Å². The van der Waals surface area contributed by atoms with E-state index in [1.54, 1.807) is 0 Å². The number of nitrogens with two attached hydrogens (primary N) is 2. The Labute approximate surface area is 474 Å². The standard InChI is InChI=1S/C29H51N5O6.C29H49N5O6/c2*1-28(2,3)33-27(39)32-20-15-13-11-9-7-6-8-10-12-14-19(23(35)24(30)36)31-25(37)22-18-16-29(4,5)40-21(18)17-34(22)26(20)38/h18-23,35H,6-17H2,1-5H3,(H2,30,36)(H,31,37)(H2,32,33,39);18-22H,6-17H2,1-5H3,(H2,30,36)(H,31,37)(H2,32,33,39)/t18-,19-,20-,21?,22-,23?;18-,19-,20-,21?,22-/m00/s1. The van der Waals surface area contributed by atoms with Crippen LogP contribution in [-0.2, 0) is 43.0 Å². The molecular weight excluding hydrogens is 1030 g/mol. The van der Waals surface area contributed by atoms with Crippen LogP contribution < -0.4 is 43.4 Å². The van der Waals surface area contributed by atoms with Gasteiger partial charge < -0.3 is 67.7 Å². The molecule has 11 atom stereocenters. The van der Waals surface area contributed by atoms with E-state index < -0.39 is 106 Å². The predicted octanol–water partition coefficient (Wildman–Crippen LogP) is 4.39. The number of primary amides is 2. The predicted molar refractivity (Wildman–Crippen MR) is 301 cm³/mol. The number of nitrogens with zero attached hydrogens (tertiary/aromatic N) is 2. The number of Topliss-reactive ketones (excluding diaryl/α,β-unsaturated/α-hetero) is 1. The Kier molecular flexibility index (Phi) is 23.6. The highest BCUT2D eigenvalue weighted by Gasteiger charge is 2.58. The summed E-state index contributed by atoms with van der Waals surface area (Å²) in [6, 6.07) is -6.13. The average molecular weight is 1130 g/mol. The molecule has 0 bridgehead atoms. The van der Waals surface area contributed by atoms with Crippen LogP contribution in [0.15, 0.2) is 0 Å². The van der Waals surface area contributed by atoms with Crippen molar-refractivity contribution in [2.75, 3.05) is 13.1 Å². The first-order valence-corrected chi connectivity index (χ1v) is 29.9. The molecule has 0 aliphatic carbocycles. The third-order valence-corrected chi connectivity index (χ3v) is 16.2. The molecule has 22 heteroatoms. The van der Waals surface area contributed by atoms with Gasteiger partial charge in [-0.05, 0) is 108 Å². The summed E-state index contributed by atoms with van der Waals surface area (Å²) in [5.41, 5.74) is 8.85. The van der Waals surface area contributed by atoms with Crippen molar-refractivity contribution in [3.05, 3.63) is 0 Å². The Bertz CT molecular complexity index is 2180. The quantitative estimate of drug-likeness (QED) is 0.167. The van der Waals surface area contributed by atoms with E-state index in [0.29, 0.717) is 44.9 Å². The number of ether oxygens (including phenoxy) is 2. The zero-order valence-electron chi connectivity index (χ0n) is 49.8. The second-order valence-corrected chi connectivity index (χ2v) is 26.8. The van der Waals surface area contributed by atoms with Crippen LogP contribution in [0.1, 0.15) is 210 Å².